The normalized spacial score (nSPS) is 19.6. The third-order valence-corrected chi connectivity index (χ3v) is 7.74. The summed E-state index contributed by atoms with van der Waals surface area (Å²) in [6.45, 7) is 5.90. The maximum Gasteiger partial charge on any atom is 0.341 e. The quantitative estimate of drug-likeness (QED) is 0.195. The Morgan fingerprint density at radius 3 is 2.17 bits per heavy atom. The number of nitrogens with zero attached hydrogens (tertiary/aromatic N) is 2. The van der Waals surface area contributed by atoms with Crippen LogP contribution in [0.2, 0.25) is 0 Å². The molecule has 4 nitrogen and oxygen atoms in total. The van der Waals surface area contributed by atoms with E-state index in [-0.39, 0.29) is 12.0 Å². The minimum absolute atomic E-state index is 0.164. The van der Waals surface area contributed by atoms with E-state index in [1.807, 2.05) is 19.3 Å². The van der Waals surface area contributed by atoms with Crippen LogP contribution in [0.25, 0.3) is 11.4 Å². The Hall–Kier alpha value is -2.30. The van der Waals surface area contributed by atoms with E-state index in [4.69, 9.17) is 4.74 Å². The minimum atomic E-state index is -1.52. The smallest absolute Gasteiger partial charge is 0.341 e. The maximum atomic E-state index is 14.1. The lowest BCUT2D eigenvalue weighted by Crippen LogP contribution is -2.31. The van der Waals surface area contributed by atoms with Crippen molar-refractivity contribution < 1.29 is 13.9 Å². The minimum Gasteiger partial charge on any atom is -0.460 e. The molecule has 1 aliphatic carbocycles. The zero-order chi connectivity index (χ0) is 25.8. The van der Waals surface area contributed by atoms with Crippen molar-refractivity contribution in [2.75, 3.05) is 0 Å². The van der Waals surface area contributed by atoms with E-state index in [1.54, 1.807) is 6.92 Å². The number of unbranched alkanes of at least 4 members (excludes halogenated alkanes) is 6. The number of halogens is 1. The third kappa shape index (κ3) is 8.67. The highest BCUT2D eigenvalue weighted by Gasteiger charge is 2.30. The van der Waals surface area contributed by atoms with Gasteiger partial charge in [-0.2, -0.15) is 0 Å². The average molecular weight is 497 g/mol. The molecule has 1 aromatic heterocycles. The van der Waals surface area contributed by atoms with Gasteiger partial charge < -0.3 is 4.74 Å². The van der Waals surface area contributed by atoms with Crippen LogP contribution in [0.5, 0.6) is 0 Å². The van der Waals surface area contributed by atoms with Crippen LogP contribution in [0.3, 0.4) is 0 Å². The monoisotopic (exact) mass is 496 g/mol. The van der Waals surface area contributed by atoms with Crippen molar-refractivity contribution in [3.8, 4) is 11.4 Å². The van der Waals surface area contributed by atoms with Gasteiger partial charge in [0, 0.05) is 18.0 Å². The van der Waals surface area contributed by atoms with E-state index in [0.29, 0.717) is 12.3 Å². The number of aromatic nitrogens is 2. The first-order valence-electron chi connectivity index (χ1n) is 14.3. The van der Waals surface area contributed by atoms with Crippen molar-refractivity contribution in [2.24, 2.45) is 5.92 Å². The lowest BCUT2D eigenvalue weighted by Gasteiger charge is -2.29. The second kappa shape index (κ2) is 15.1. The van der Waals surface area contributed by atoms with E-state index >= 15 is 0 Å². The molecule has 0 saturated heterocycles. The topological polar surface area (TPSA) is 52.1 Å². The van der Waals surface area contributed by atoms with Crippen LogP contribution < -0.4 is 0 Å². The molecule has 0 aliphatic heterocycles. The molecule has 2 atom stereocenters. The van der Waals surface area contributed by atoms with Crippen molar-refractivity contribution in [3.05, 3.63) is 47.8 Å². The summed E-state index contributed by atoms with van der Waals surface area (Å²) in [6, 6.07) is 8.55. The zero-order valence-electron chi connectivity index (χ0n) is 22.6. The number of ether oxygens (including phenoxy) is 1. The molecule has 198 valence electrons. The van der Waals surface area contributed by atoms with Crippen molar-refractivity contribution >= 4 is 5.97 Å². The molecule has 1 aromatic carbocycles. The fourth-order valence-corrected chi connectivity index (χ4v) is 5.01. The van der Waals surface area contributed by atoms with Gasteiger partial charge in [0.05, 0.1) is 0 Å². The predicted molar refractivity (Wildman–Crippen MR) is 145 cm³/mol. The molecule has 0 radical (unpaired) electrons. The first kappa shape index (κ1) is 28.3. The van der Waals surface area contributed by atoms with Gasteiger partial charge in [-0.25, -0.2) is 19.2 Å². The predicted octanol–water partition coefficient (Wildman–Crippen LogP) is 8.39. The molecule has 1 aliphatic rings. The summed E-state index contributed by atoms with van der Waals surface area (Å²) in [7, 11) is 0. The number of esters is 1. The Kier molecular flexibility index (Phi) is 11.8. The van der Waals surface area contributed by atoms with Gasteiger partial charge in [-0.1, -0.05) is 90.0 Å². The first-order valence-corrected chi connectivity index (χ1v) is 14.3. The van der Waals surface area contributed by atoms with Crippen LogP contribution in [-0.4, -0.2) is 28.2 Å². The largest absolute Gasteiger partial charge is 0.460 e. The average Bonchev–Trinajstić information content (AvgIpc) is 2.92. The lowest BCUT2D eigenvalue weighted by molar-refractivity contribution is -0.158. The highest BCUT2D eigenvalue weighted by Crippen LogP contribution is 2.35. The van der Waals surface area contributed by atoms with Crippen LogP contribution in [0.4, 0.5) is 4.39 Å². The molecule has 2 aromatic rings. The highest BCUT2D eigenvalue weighted by atomic mass is 19.1. The summed E-state index contributed by atoms with van der Waals surface area (Å²) in [5.41, 5.74) is 3.54. The molecule has 3 rings (SSSR count). The second-order valence-corrected chi connectivity index (χ2v) is 10.6. The molecule has 0 amide bonds. The summed E-state index contributed by atoms with van der Waals surface area (Å²) in [4.78, 5) is 21.3. The van der Waals surface area contributed by atoms with Crippen LogP contribution in [0.15, 0.2) is 36.7 Å². The van der Waals surface area contributed by atoms with Crippen LogP contribution in [0.1, 0.15) is 115 Å². The molecule has 1 fully saturated rings. The fraction of sp³-hybridized carbons (Fsp3) is 0.645. The number of carbonyl (C=O) groups is 1. The Bertz CT molecular complexity index is 892. The van der Waals surface area contributed by atoms with Crippen molar-refractivity contribution in [1.29, 1.82) is 0 Å². The second-order valence-electron chi connectivity index (χ2n) is 10.6. The maximum absolute atomic E-state index is 14.1. The van der Waals surface area contributed by atoms with Crippen LogP contribution in [0, 0.1) is 5.92 Å². The van der Waals surface area contributed by atoms with E-state index in [9.17, 15) is 9.18 Å². The standard InChI is InChI=1S/C31H45FN2O2/c1-4-6-7-8-9-10-11-12-24-21-33-30(34-22-24)27-15-13-25(14-16-27)26-17-19-28(20-18-26)36-31(35)29(32)23(3)5-2/h13-16,21-23,26,28-29H,4-12,17-20H2,1-3H3/t23-,26-,28-,29-/m0/s1. The number of hydrogen-bond donors (Lipinski definition) is 0. The zero-order valence-corrected chi connectivity index (χ0v) is 22.6. The summed E-state index contributed by atoms with van der Waals surface area (Å²) in [5, 5.41) is 0. The van der Waals surface area contributed by atoms with Crippen molar-refractivity contribution in [1.82, 2.24) is 9.97 Å². The van der Waals surface area contributed by atoms with Gasteiger partial charge >= 0.3 is 5.97 Å². The highest BCUT2D eigenvalue weighted by molar-refractivity contribution is 5.75. The molecule has 0 bridgehead atoms. The molecule has 36 heavy (non-hydrogen) atoms. The van der Waals surface area contributed by atoms with Crippen molar-refractivity contribution in [2.45, 2.75) is 122 Å². The first-order chi connectivity index (χ1) is 17.5. The van der Waals surface area contributed by atoms with Gasteiger partial charge in [-0.05, 0) is 61.5 Å². The molecule has 0 spiro atoms. The Morgan fingerprint density at radius 2 is 1.56 bits per heavy atom. The van der Waals surface area contributed by atoms with Gasteiger partial charge in [0.15, 0.2) is 12.0 Å². The summed E-state index contributed by atoms with van der Waals surface area (Å²) in [6.07, 6.45) is 16.6. The molecule has 0 N–H and O–H groups in total. The molecule has 5 heteroatoms. The van der Waals surface area contributed by atoms with Gasteiger partial charge in [-0.15, -0.1) is 0 Å². The fourth-order valence-electron chi connectivity index (χ4n) is 5.01. The molecule has 1 heterocycles. The molecular weight excluding hydrogens is 451 g/mol. The Morgan fingerprint density at radius 1 is 0.944 bits per heavy atom. The Labute approximate surface area is 217 Å². The van der Waals surface area contributed by atoms with Crippen molar-refractivity contribution in [3.63, 3.8) is 0 Å². The van der Waals surface area contributed by atoms with Gasteiger partial charge in [0.2, 0.25) is 0 Å². The number of rotatable bonds is 14. The van der Waals surface area contributed by atoms with E-state index < -0.39 is 12.1 Å². The number of aryl methyl sites for hydroxylation is 1. The summed E-state index contributed by atoms with van der Waals surface area (Å²) in [5.74, 6) is 0.223. The lowest BCUT2D eigenvalue weighted by atomic mass is 9.82. The van der Waals surface area contributed by atoms with E-state index in [1.165, 1.54) is 56.1 Å². The van der Waals surface area contributed by atoms with E-state index in [0.717, 1.165) is 43.5 Å². The van der Waals surface area contributed by atoms with Crippen LogP contribution >= 0.6 is 0 Å². The van der Waals surface area contributed by atoms with Gasteiger partial charge in [0.25, 0.3) is 0 Å². The summed E-state index contributed by atoms with van der Waals surface area (Å²) < 4.78 is 19.6. The molecular formula is C31H45FN2O2. The SMILES string of the molecule is CCCCCCCCCc1cnc(-c2ccc([C@H]3CC[C@H](OC(=O)[C@@H](F)[C@@H](C)CC)CC3)cc2)nc1. The Balaban J connectivity index is 1.42. The van der Waals surface area contributed by atoms with Crippen LogP contribution in [-0.2, 0) is 16.0 Å². The number of hydrogen-bond acceptors (Lipinski definition) is 4. The molecule has 1 saturated carbocycles. The van der Waals surface area contributed by atoms with E-state index in [2.05, 4.69) is 41.2 Å². The number of benzene rings is 1. The number of alkyl halides is 1. The van der Waals surface area contributed by atoms with Gasteiger partial charge in [-0.3, -0.25) is 0 Å². The summed E-state index contributed by atoms with van der Waals surface area (Å²) >= 11 is 0. The number of carbonyl (C=O) groups excluding carboxylic acids is 1. The third-order valence-electron chi connectivity index (χ3n) is 7.74. The van der Waals surface area contributed by atoms with Gasteiger partial charge in [0.1, 0.15) is 6.10 Å². The molecule has 0 unspecified atom stereocenters.